The van der Waals surface area contributed by atoms with E-state index in [4.69, 9.17) is 5.73 Å². The van der Waals surface area contributed by atoms with Gasteiger partial charge >= 0.3 is 0 Å². The average Bonchev–Trinajstić information content (AvgIpc) is 2.55. The van der Waals surface area contributed by atoms with E-state index in [9.17, 15) is 4.79 Å². The first-order valence-corrected chi connectivity index (χ1v) is 8.48. The molecule has 1 aromatic rings. The molecule has 1 saturated heterocycles. The number of nitrogens with two attached hydrogens (primary N) is 1. The van der Waals surface area contributed by atoms with Gasteiger partial charge in [0.2, 0.25) is 5.91 Å². The Bertz CT molecular complexity index is 441. The summed E-state index contributed by atoms with van der Waals surface area (Å²) in [6, 6.07) is 9.60. The monoisotopic (exact) mass is 303 g/mol. The molecule has 122 valence electrons. The summed E-state index contributed by atoms with van der Waals surface area (Å²) in [7, 11) is 0. The summed E-state index contributed by atoms with van der Waals surface area (Å²) in [5, 5.41) is 3.06. The van der Waals surface area contributed by atoms with Crippen molar-refractivity contribution in [1.29, 1.82) is 0 Å². The fraction of sp³-hybridized carbons (Fsp3) is 0.611. The van der Waals surface area contributed by atoms with Gasteiger partial charge in [-0.2, -0.15) is 0 Å². The van der Waals surface area contributed by atoms with Gasteiger partial charge in [-0.05, 0) is 50.4 Å². The van der Waals surface area contributed by atoms with Crippen molar-refractivity contribution in [3.63, 3.8) is 0 Å². The SMILES string of the molecule is CCCN1CCC(CNC(=O)CC(N)c2ccccc2)CC1. The van der Waals surface area contributed by atoms with Gasteiger partial charge in [0.1, 0.15) is 0 Å². The largest absolute Gasteiger partial charge is 0.356 e. The lowest BCUT2D eigenvalue weighted by Gasteiger charge is -2.31. The molecule has 4 heteroatoms. The molecular formula is C18H29N3O. The molecule has 2 rings (SSSR count). The number of hydrogen-bond acceptors (Lipinski definition) is 3. The number of carbonyl (C=O) groups is 1. The molecule has 4 nitrogen and oxygen atoms in total. The summed E-state index contributed by atoms with van der Waals surface area (Å²) in [6.07, 6.45) is 3.95. The van der Waals surface area contributed by atoms with Gasteiger partial charge < -0.3 is 16.0 Å². The smallest absolute Gasteiger partial charge is 0.221 e. The zero-order valence-electron chi connectivity index (χ0n) is 13.6. The maximum Gasteiger partial charge on any atom is 0.221 e. The number of nitrogens with zero attached hydrogens (tertiary/aromatic N) is 1. The van der Waals surface area contributed by atoms with Gasteiger partial charge in [0.15, 0.2) is 0 Å². The van der Waals surface area contributed by atoms with E-state index in [1.807, 2.05) is 30.3 Å². The van der Waals surface area contributed by atoms with Crippen molar-refractivity contribution in [2.75, 3.05) is 26.2 Å². The summed E-state index contributed by atoms with van der Waals surface area (Å²) in [5.74, 6) is 0.678. The Hall–Kier alpha value is -1.39. The van der Waals surface area contributed by atoms with Crippen molar-refractivity contribution in [1.82, 2.24) is 10.2 Å². The molecule has 0 saturated carbocycles. The first kappa shape index (κ1) is 17.0. The molecule has 0 bridgehead atoms. The molecule has 0 radical (unpaired) electrons. The van der Waals surface area contributed by atoms with Crippen molar-refractivity contribution in [3.05, 3.63) is 35.9 Å². The number of benzene rings is 1. The minimum absolute atomic E-state index is 0.0624. The van der Waals surface area contributed by atoms with Crippen molar-refractivity contribution in [3.8, 4) is 0 Å². The van der Waals surface area contributed by atoms with E-state index in [0.717, 1.165) is 25.2 Å². The van der Waals surface area contributed by atoms with E-state index in [1.54, 1.807) is 0 Å². The van der Waals surface area contributed by atoms with Crippen molar-refractivity contribution in [2.45, 2.75) is 38.6 Å². The highest BCUT2D eigenvalue weighted by Gasteiger charge is 2.19. The molecule has 1 atom stereocenters. The highest BCUT2D eigenvalue weighted by atomic mass is 16.1. The van der Waals surface area contributed by atoms with Crippen LogP contribution in [0.5, 0.6) is 0 Å². The number of carbonyl (C=O) groups excluding carboxylic acids is 1. The van der Waals surface area contributed by atoms with Crippen molar-refractivity contribution in [2.24, 2.45) is 11.7 Å². The van der Waals surface area contributed by atoms with Crippen LogP contribution in [0.2, 0.25) is 0 Å². The van der Waals surface area contributed by atoms with E-state index >= 15 is 0 Å². The molecule has 1 aliphatic rings. The Morgan fingerprint density at radius 1 is 1.32 bits per heavy atom. The second-order valence-corrected chi connectivity index (χ2v) is 6.31. The number of nitrogens with one attached hydrogen (secondary N) is 1. The van der Waals surface area contributed by atoms with Crippen molar-refractivity contribution < 1.29 is 4.79 Å². The third kappa shape index (κ3) is 5.43. The highest BCUT2D eigenvalue weighted by Crippen LogP contribution is 2.17. The number of likely N-dealkylation sites (tertiary alicyclic amines) is 1. The van der Waals surface area contributed by atoms with Gasteiger partial charge in [-0.1, -0.05) is 37.3 Å². The normalized spacial score (nSPS) is 18.1. The zero-order valence-corrected chi connectivity index (χ0v) is 13.6. The predicted molar refractivity (Wildman–Crippen MR) is 90.5 cm³/mol. The van der Waals surface area contributed by atoms with Gasteiger partial charge in [-0.3, -0.25) is 4.79 Å². The fourth-order valence-corrected chi connectivity index (χ4v) is 3.08. The first-order chi connectivity index (χ1) is 10.7. The maximum absolute atomic E-state index is 12.0. The number of hydrogen-bond donors (Lipinski definition) is 2. The van der Waals surface area contributed by atoms with Crippen LogP contribution in [0.25, 0.3) is 0 Å². The minimum Gasteiger partial charge on any atom is -0.356 e. The second kappa shape index (κ2) is 8.91. The van der Waals surface area contributed by atoms with Crippen LogP contribution in [0.1, 0.15) is 44.2 Å². The Balaban J connectivity index is 1.66. The number of rotatable bonds is 7. The summed E-state index contributed by atoms with van der Waals surface area (Å²) in [5.41, 5.74) is 7.11. The highest BCUT2D eigenvalue weighted by molar-refractivity contribution is 5.76. The summed E-state index contributed by atoms with van der Waals surface area (Å²) in [6.45, 7) is 6.55. The van der Waals surface area contributed by atoms with Gasteiger partial charge in [-0.15, -0.1) is 0 Å². The topological polar surface area (TPSA) is 58.4 Å². The first-order valence-electron chi connectivity index (χ1n) is 8.48. The molecule has 0 aromatic heterocycles. The van der Waals surface area contributed by atoms with Crippen LogP contribution < -0.4 is 11.1 Å². The van der Waals surface area contributed by atoms with Crippen LogP contribution in [-0.4, -0.2) is 37.0 Å². The second-order valence-electron chi connectivity index (χ2n) is 6.31. The van der Waals surface area contributed by atoms with Crippen LogP contribution in [-0.2, 0) is 4.79 Å². The van der Waals surface area contributed by atoms with E-state index in [0.29, 0.717) is 12.3 Å². The van der Waals surface area contributed by atoms with Crippen molar-refractivity contribution >= 4 is 5.91 Å². The molecular weight excluding hydrogens is 274 g/mol. The summed E-state index contributed by atoms with van der Waals surface area (Å²) >= 11 is 0. The zero-order chi connectivity index (χ0) is 15.8. The molecule has 0 spiro atoms. The summed E-state index contributed by atoms with van der Waals surface area (Å²) in [4.78, 5) is 14.6. The van der Waals surface area contributed by atoms with Gasteiger partial charge in [0.05, 0.1) is 0 Å². The minimum atomic E-state index is -0.215. The fourth-order valence-electron chi connectivity index (χ4n) is 3.08. The van der Waals surface area contributed by atoms with Gasteiger partial charge in [-0.25, -0.2) is 0 Å². The quantitative estimate of drug-likeness (QED) is 0.812. The van der Waals surface area contributed by atoms with Crippen LogP contribution in [0.3, 0.4) is 0 Å². The van der Waals surface area contributed by atoms with E-state index in [1.165, 1.54) is 25.8 Å². The summed E-state index contributed by atoms with van der Waals surface area (Å²) < 4.78 is 0. The predicted octanol–water partition coefficient (Wildman–Crippen LogP) is 2.31. The van der Waals surface area contributed by atoms with E-state index in [-0.39, 0.29) is 11.9 Å². The number of amides is 1. The Labute approximate surface area is 134 Å². The molecule has 22 heavy (non-hydrogen) atoms. The third-order valence-electron chi connectivity index (χ3n) is 4.47. The molecule has 1 heterocycles. The van der Waals surface area contributed by atoms with Gasteiger partial charge in [0.25, 0.3) is 0 Å². The van der Waals surface area contributed by atoms with Crippen LogP contribution >= 0.6 is 0 Å². The standard InChI is InChI=1S/C18H29N3O/c1-2-10-21-11-8-15(9-12-21)14-20-18(22)13-17(19)16-6-4-3-5-7-16/h3-7,15,17H,2,8-14,19H2,1H3,(H,20,22). The lowest BCUT2D eigenvalue weighted by atomic mass is 9.96. The average molecular weight is 303 g/mol. The maximum atomic E-state index is 12.0. The molecule has 1 fully saturated rings. The Morgan fingerprint density at radius 2 is 2.00 bits per heavy atom. The Morgan fingerprint density at radius 3 is 2.64 bits per heavy atom. The van der Waals surface area contributed by atoms with E-state index in [2.05, 4.69) is 17.1 Å². The van der Waals surface area contributed by atoms with Crippen LogP contribution in [0.15, 0.2) is 30.3 Å². The molecule has 1 amide bonds. The number of piperidine rings is 1. The molecule has 1 unspecified atom stereocenters. The lowest BCUT2D eigenvalue weighted by molar-refractivity contribution is -0.121. The molecule has 1 aliphatic heterocycles. The van der Waals surface area contributed by atoms with Crippen LogP contribution in [0, 0.1) is 5.92 Å². The Kier molecular flexibility index (Phi) is 6.87. The third-order valence-corrected chi connectivity index (χ3v) is 4.47. The molecule has 1 aromatic carbocycles. The van der Waals surface area contributed by atoms with Gasteiger partial charge in [0, 0.05) is 19.0 Å². The van der Waals surface area contributed by atoms with Crippen LogP contribution in [0.4, 0.5) is 0 Å². The molecule has 3 N–H and O–H groups in total. The lowest BCUT2D eigenvalue weighted by Crippen LogP contribution is -2.39. The van der Waals surface area contributed by atoms with E-state index < -0.39 is 0 Å². The molecule has 0 aliphatic carbocycles.